The average molecular weight is 346 g/mol. The van der Waals surface area contributed by atoms with Gasteiger partial charge in [-0.05, 0) is 40.2 Å². The van der Waals surface area contributed by atoms with E-state index in [0.717, 1.165) is 22.2 Å². The molecule has 0 aromatic carbocycles. The van der Waals surface area contributed by atoms with Crippen LogP contribution in [0.15, 0.2) is 21.1 Å². The lowest BCUT2D eigenvalue weighted by Gasteiger charge is -2.25. The second-order valence-electron chi connectivity index (χ2n) is 4.65. The smallest absolute Gasteiger partial charge is 0.234 e. The van der Waals surface area contributed by atoms with Gasteiger partial charge in [0.2, 0.25) is 5.91 Å². The van der Waals surface area contributed by atoms with Gasteiger partial charge in [0.05, 0.1) is 6.54 Å². The molecular formula is C12H16BrN3O2S. The van der Waals surface area contributed by atoms with Crippen LogP contribution >= 0.6 is 27.3 Å². The molecule has 0 radical (unpaired) electrons. The predicted molar refractivity (Wildman–Crippen MR) is 78.2 cm³/mol. The van der Waals surface area contributed by atoms with Crippen molar-refractivity contribution in [2.75, 3.05) is 0 Å². The molecule has 1 aliphatic carbocycles. The second kappa shape index (κ2) is 5.92. The highest BCUT2D eigenvalue weighted by molar-refractivity contribution is 9.10. The van der Waals surface area contributed by atoms with E-state index in [1.165, 1.54) is 0 Å². The summed E-state index contributed by atoms with van der Waals surface area (Å²) in [5.41, 5.74) is 4.89. The zero-order chi connectivity index (χ0) is 13.9. The number of amidine groups is 1. The zero-order valence-electron chi connectivity index (χ0n) is 10.4. The largest absolute Gasteiger partial charge is 0.409 e. The van der Waals surface area contributed by atoms with E-state index in [4.69, 9.17) is 10.9 Å². The Balaban J connectivity index is 2.07. The number of nitrogens with zero attached hydrogens (tertiary/aromatic N) is 1. The van der Waals surface area contributed by atoms with E-state index in [2.05, 4.69) is 26.4 Å². The van der Waals surface area contributed by atoms with Gasteiger partial charge in [0.25, 0.3) is 0 Å². The van der Waals surface area contributed by atoms with Crippen LogP contribution in [0.5, 0.6) is 0 Å². The van der Waals surface area contributed by atoms with Crippen LogP contribution in [0, 0.1) is 5.41 Å². The lowest BCUT2D eigenvalue weighted by Crippen LogP contribution is -2.47. The highest BCUT2D eigenvalue weighted by Crippen LogP contribution is 2.38. The fraction of sp³-hybridized carbons (Fsp3) is 0.500. The third kappa shape index (κ3) is 2.76. The van der Waals surface area contributed by atoms with Crippen LogP contribution in [0.1, 0.15) is 30.6 Å². The molecule has 4 N–H and O–H groups in total. The van der Waals surface area contributed by atoms with E-state index >= 15 is 0 Å². The number of halogens is 1. The number of amides is 1. The number of hydrogen-bond acceptors (Lipinski definition) is 4. The minimum atomic E-state index is -0.835. The van der Waals surface area contributed by atoms with Crippen LogP contribution in [0.4, 0.5) is 0 Å². The molecule has 1 aliphatic rings. The SMILES string of the molecule is NC(=NO)C1(C(=O)NCc2sccc2Br)CCCC1. The summed E-state index contributed by atoms with van der Waals surface area (Å²) in [6.07, 6.45) is 3.12. The summed E-state index contributed by atoms with van der Waals surface area (Å²) in [6.45, 7) is 0.456. The van der Waals surface area contributed by atoms with Crippen LogP contribution < -0.4 is 11.1 Å². The van der Waals surface area contributed by atoms with E-state index < -0.39 is 5.41 Å². The quantitative estimate of drug-likeness (QED) is 0.339. The van der Waals surface area contributed by atoms with Gasteiger partial charge in [-0.15, -0.1) is 11.3 Å². The van der Waals surface area contributed by atoms with Crippen LogP contribution in [0.2, 0.25) is 0 Å². The summed E-state index contributed by atoms with van der Waals surface area (Å²) < 4.78 is 0.988. The molecule has 7 heteroatoms. The Labute approximate surface area is 124 Å². The lowest BCUT2D eigenvalue weighted by molar-refractivity contribution is -0.127. The fourth-order valence-corrected chi connectivity index (χ4v) is 3.89. The van der Waals surface area contributed by atoms with E-state index in [9.17, 15) is 4.79 Å². The first kappa shape index (κ1) is 14.3. The molecular weight excluding hydrogens is 330 g/mol. The van der Waals surface area contributed by atoms with Gasteiger partial charge in [-0.1, -0.05) is 18.0 Å². The van der Waals surface area contributed by atoms with Gasteiger partial charge in [-0.3, -0.25) is 4.79 Å². The minimum absolute atomic E-state index is 0.0211. The Hall–Kier alpha value is -1.08. The fourth-order valence-electron chi connectivity index (χ4n) is 2.45. The first-order valence-electron chi connectivity index (χ1n) is 6.08. The monoisotopic (exact) mass is 345 g/mol. The normalized spacial score (nSPS) is 18.5. The van der Waals surface area contributed by atoms with E-state index in [1.807, 2.05) is 11.4 Å². The van der Waals surface area contributed by atoms with Crippen LogP contribution in [0.3, 0.4) is 0 Å². The van der Waals surface area contributed by atoms with Gasteiger partial charge in [0, 0.05) is 9.35 Å². The average Bonchev–Trinajstić information content (AvgIpc) is 3.05. The van der Waals surface area contributed by atoms with Gasteiger partial charge in [-0.2, -0.15) is 0 Å². The topological polar surface area (TPSA) is 87.7 Å². The zero-order valence-corrected chi connectivity index (χ0v) is 12.8. The molecule has 1 amide bonds. The first-order chi connectivity index (χ1) is 9.10. The molecule has 1 heterocycles. The molecule has 1 fully saturated rings. The Bertz CT molecular complexity index is 495. The molecule has 19 heavy (non-hydrogen) atoms. The second-order valence-corrected chi connectivity index (χ2v) is 6.50. The van der Waals surface area contributed by atoms with Crippen LogP contribution in [-0.2, 0) is 11.3 Å². The van der Waals surface area contributed by atoms with Gasteiger partial charge in [-0.25, -0.2) is 0 Å². The third-order valence-corrected chi connectivity index (χ3v) is 5.52. The first-order valence-corrected chi connectivity index (χ1v) is 7.75. The van der Waals surface area contributed by atoms with Crippen molar-refractivity contribution in [3.63, 3.8) is 0 Å². The van der Waals surface area contributed by atoms with Crippen molar-refractivity contribution in [2.45, 2.75) is 32.2 Å². The predicted octanol–water partition coefficient (Wildman–Crippen LogP) is 2.43. The molecule has 2 rings (SSSR count). The van der Waals surface area contributed by atoms with E-state index in [1.54, 1.807) is 11.3 Å². The van der Waals surface area contributed by atoms with Crippen molar-refractivity contribution >= 4 is 39.0 Å². The number of carbonyl (C=O) groups excluding carboxylic acids is 1. The number of rotatable bonds is 4. The summed E-state index contributed by atoms with van der Waals surface area (Å²) in [7, 11) is 0. The number of nitrogens with two attached hydrogens (primary N) is 1. The molecule has 5 nitrogen and oxygen atoms in total. The van der Waals surface area contributed by atoms with E-state index in [0.29, 0.717) is 19.4 Å². The number of nitrogens with one attached hydrogen (secondary N) is 1. The molecule has 0 bridgehead atoms. The van der Waals surface area contributed by atoms with Crippen LogP contribution in [0.25, 0.3) is 0 Å². The summed E-state index contributed by atoms with van der Waals surface area (Å²) in [4.78, 5) is 13.4. The van der Waals surface area contributed by atoms with Gasteiger partial charge < -0.3 is 16.3 Å². The van der Waals surface area contributed by atoms with Crippen molar-refractivity contribution < 1.29 is 10.0 Å². The van der Waals surface area contributed by atoms with E-state index in [-0.39, 0.29) is 11.7 Å². The number of carbonyl (C=O) groups is 1. The highest BCUT2D eigenvalue weighted by Gasteiger charge is 2.45. The molecule has 1 aromatic heterocycles. The molecule has 1 aromatic rings. The van der Waals surface area contributed by atoms with Gasteiger partial charge in [0.15, 0.2) is 5.84 Å². The summed E-state index contributed by atoms with van der Waals surface area (Å²) in [5.74, 6) is -0.131. The lowest BCUT2D eigenvalue weighted by atomic mass is 9.84. The molecule has 0 saturated heterocycles. The molecule has 104 valence electrons. The van der Waals surface area contributed by atoms with Gasteiger partial charge >= 0.3 is 0 Å². The maximum atomic E-state index is 12.4. The number of thiophene rings is 1. The van der Waals surface area contributed by atoms with Crippen molar-refractivity contribution in [2.24, 2.45) is 16.3 Å². The van der Waals surface area contributed by atoms with Crippen molar-refractivity contribution in [3.8, 4) is 0 Å². The summed E-state index contributed by atoms with van der Waals surface area (Å²) in [6, 6.07) is 1.95. The number of oxime groups is 1. The summed E-state index contributed by atoms with van der Waals surface area (Å²) in [5, 5.41) is 16.8. The standard InChI is InChI=1S/C12H16BrN3O2S/c13-8-3-6-19-9(8)7-15-11(17)12(10(14)16-18)4-1-2-5-12/h3,6,18H,1-2,4-5,7H2,(H2,14,16)(H,15,17). The molecule has 0 spiro atoms. The number of hydrogen-bond donors (Lipinski definition) is 3. The third-order valence-electron chi connectivity index (χ3n) is 3.59. The Morgan fingerprint density at radius 3 is 2.79 bits per heavy atom. The summed E-state index contributed by atoms with van der Waals surface area (Å²) >= 11 is 5.00. The van der Waals surface area contributed by atoms with Crippen molar-refractivity contribution in [1.29, 1.82) is 0 Å². The molecule has 0 unspecified atom stereocenters. The Morgan fingerprint density at radius 2 is 2.26 bits per heavy atom. The Morgan fingerprint density at radius 1 is 1.58 bits per heavy atom. The Kier molecular flexibility index (Phi) is 4.46. The molecule has 0 atom stereocenters. The highest BCUT2D eigenvalue weighted by atomic mass is 79.9. The maximum Gasteiger partial charge on any atom is 0.234 e. The minimum Gasteiger partial charge on any atom is -0.409 e. The maximum absolute atomic E-state index is 12.4. The van der Waals surface area contributed by atoms with Crippen molar-refractivity contribution in [1.82, 2.24) is 5.32 Å². The van der Waals surface area contributed by atoms with Gasteiger partial charge in [0.1, 0.15) is 5.41 Å². The molecule has 1 saturated carbocycles. The van der Waals surface area contributed by atoms with Crippen LogP contribution in [-0.4, -0.2) is 17.0 Å². The van der Waals surface area contributed by atoms with Crippen molar-refractivity contribution in [3.05, 3.63) is 20.8 Å². The molecule has 0 aliphatic heterocycles.